The molecular weight excluding hydrogens is 354 g/mol. The van der Waals surface area contributed by atoms with Crippen LogP contribution in [0, 0.1) is 13.8 Å². The maximum Gasteiger partial charge on any atom is 0.335 e. The predicted octanol–water partition coefficient (Wildman–Crippen LogP) is 3.17. The third-order valence-corrected chi connectivity index (χ3v) is 5.75. The Morgan fingerprint density at radius 2 is 1.73 bits per heavy atom. The molecule has 0 spiro atoms. The minimum Gasteiger partial charge on any atom is -0.872 e. The van der Waals surface area contributed by atoms with Crippen molar-refractivity contribution in [1.82, 2.24) is 0 Å². The number of sulfonamides is 1. The summed E-state index contributed by atoms with van der Waals surface area (Å²) in [6.45, 7) is 9.56. The first kappa shape index (κ1) is 19.8. The van der Waals surface area contributed by atoms with Gasteiger partial charge in [0.2, 0.25) is 0 Å². The van der Waals surface area contributed by atoms with E-state index in [1.165, 1.54) is 6.07 Å². The van der Waals surface area contributed by atoms with E-state index in [0.717, 1.165) is 23.3 Å². The summed E-state index contributed by atoms with van der Waals surface area (Å²) in [5, 5.41) is 20.7. The zero-order chi connectivity index (χ0) is 19.9. The molecule has 0 amide bonds. The first-order valence-corrected chi connectivity index (χ1v) is 9.50. The third kappa shape index (κ3) is 3.99. The number of anilines is 1. The average molecular weight is 376 g/mol. The first-order chi connectivity index (χ1) is 11.8. The molecule has 0 aliphatic carbocycles. The van der Waals surface area contributed by atoms with Crippen LogP contribution in [0.1, 0.15) is 47.8 Å². The fraction of sp³-hybridized carbons (Fsp3) is 0.316. The SMILES string of the molecule is Cc1cc(C(C)(C)C)cc(S(=O)(=O)Nc2ccc(C(=O)O)c([O-])c2)c1C. The third-order valence-electron chi connectivity index (χ3n) is 4.24. The van der Waals surface area contributed by atoms with Crippen molar-refractivity contribution in [2.24, 2.45) is 0 Å². The summed E-state index contributed by atoms with van der Waals surface area (Å²) in [6.07, 6.45) is 0. The Balaban J connectivity index is 2.50. The van der Waals surface area contributed by atoms with Gasteiger partial charge in [-0.15, -0.1) is 0 Å². The van der Waals surface area contributed by atoms with E-state index in [4.69, 9.17) is 5.11 Å². The number of benzene rings is 2. The van der Waals surface area contributed by atoms with E-state index in [-0.39, 0.29) is 16.0 Å². The summed E-state index contributed by atoms with van der Waals surface area (Å²) < 4.78 is 28.1. The van der Waals surface area contributed by atoms with Crippen molar-refractivity contribution in [1.29, 1.82) is 0 Å². The largest absolute Gasteiger partial charge is 0.872 e. The summed E-state index contributed by atoms with van der Waals surface area (Å²) in [5.74, 6) is -2.11. The smallest absolute Gasteiger partial charge is 0.335 e. The van der Waals surface area contributed by atoms with E-state index in [2.05, 4.69) is 4.72 Å². The zero-order valence-corrected chi connectivity index (χ0v) is 16.2. The van der Waals surface area contributed by atoms with Crippen molar-refractivity contribution in [3.8, 4) is 5.75 Å². The summed E-state index contributed by atoms with van der Waals surface area (Å²) in [4.78, 5) is 11.1. The van der Waals surface area contributed by atoms with Gasteiger partial charge in [-0.25, -0.2) is 13.2 Å². The molecule has 0 radical (unpaired) electrons. The quantitative estimate of drug-likeness (QED) is 0.852. The topological polar surface area (TPSA) is 107 Å². The maximum absolute atomic E-state index is 12.9. The van der Waals surface area contributed by atoms with Crippen LogP contribution in [0.3, 0.4) is 0 Å². The van der Waals surface area contributed by atoms with E-state index in [1.54, 1.807) is 13.0 Å². The van der Waals surface area contributed by atoms with Gasteiger partial charge in [-0.05, 0) is 60.2 Å². The molecule has 140 valence electrons. The molecule has 6 nitrogen and oxygen atoms in total. The average Bonchev–Trinajstić information content (AvgIpc) is 2.47. The minimum absolute atomic E-state index is 0.0261. The number of rotatable bonds is 4. The number of carboxylic acid groups (broad SMARTS) is 1. The van der Waals surface area contributed by atoms with Crippen LogP contribution in [-0.4, -0.2) is 19.5 Å². The number of hydrogen-bond acceptors (Lipinski definition) is 4. The Hall–Kier alpha value is -2.54. The molecule has 0 aliphatic heterocycles. The van der Waals surface area contributed by atoms with Crippen molar-refractivity contribution in [2.75, 3.05) is 4.72 Å². The van der Waals surface area contributed by atoms with Crippen LogP contribution >= 0.6 is 0 Å². The summed E-state index contributed by atoms with van der Waals surface area (Å²) in [7, 11) is -3.94. The molecule has 0 unspecified atom stereocenters. The van der Waals surface area contributed by atoms with Gasteiger partial charge >= 0.3 is 5.97 Å². The lowest BCUT2D eigenvalue weighted by molar-refractivity contribution is -0.268. The van der Waals surface area contributed by atoms with Gasteiger partial charge in [0.15, 0.2) is 0 Å². The standard InChI is InChI=1S/C19H23NO5S/c1-11-8-13(19(3,4)5)9-17(12(11)2)26(24,25)20-14-6-7-15(18(22)23)16(21)10-14/h6-10,20-21H,1-5H3,(H,22,23)/p-1. The molecule has 0 atom stereocenters. The number of hydrogen-bond donors (Lipinski definition) is 2. The Kier molecular flexibility index (Phi) is 5.05. The highest BCUT2D eigenvalue weighted by atomic mass is 32.2. The molecule has 0 aliphatic rings. The Bertz CT molecular complexity index is 972. The highest BCUT2D eigenvalue weighted by Crippen LogP contribution is 2.30. The van der Waals surface area contributed by atoms with E-state index in [9.17, 15) is 18.3 Å². The first-order valence-electron chi connectivity index (χ1n) is 8.02. The van der Waals surface area contributed by atoms with Crippen molar-refractivity contribution in [3.05, 3.63) is 52.6 Å². The van der Waals surface area contributed by atoms with E-state index >= 15 is 0 Å². The molecule has 2 rings (SSSR count). The Morgan fingerprint density at radius 3 is 2.23 bits per heavy atom. The van der Waals surface area contributed by atoms with Crippen molar-refractivity contribution < 1.29 is 23.4 Å². The van der Waals surface area contributed by atoms with Crippen LogP contribution in [0.2, 0.25) is 0 Å². The van der Waals surface area contributed by atoms with E-state index in [1.807, 2.05) is 33.8 Å². The second-order valence-electron chi connectivity index (χ2n) is 7.29. The van der Waals surface area contributed by atoms with Crippen LogP contribution in [0.5, 0.6) is 5.75 Å². The van der Waals surface area contributed by atoms with Crippen LogP contribution < -0.4 is 9.83 Å². The number of aromatic carboxylic acids is 1. The van der Waals surface area contributed by atoms with Gasteiger partial charge in [-0.3, -0.25) is 4.72 Å². The van der Waals surface area contributed by atoms with Gasteiger partial charge in [0.05, 0.1) is 10.5 Å². The van der Waals surface area contributed by atoms with Gasteiger partial charge in [-0.2, -0.15) is 0 Å². The minimum atomic E-state index is -3.94. The summed E-state index contributed by atoms with van der Waals surface area (Å²) in [5.41, 5.74) is 1.74. The number of aryl methyl sites for hydroxylation is 1. The molecule has 0 bridgehead atoms. The highest BCUT2D eigenvalue weighted by molar-refractivity contribution is 7.92. The van der Waals surface area contributed by atoms with Gasteiger partial charge in [0, 0.05) is 5.69 Å². The number of carboxylic acids is 1. The second kappa shape index (κ2) is 6.64. The zero-order valence-electron chi connectivity index (χ0n) is 15.4. The molecule has 0 heterocycles. The molecule has 2 aromatic carbocycles. The fourth-order valence-electron chi connectivity index (χ4n) is 2.51. The van der Waals surface area contributed by atoms with Crippen LogP contribution in [0.4, 0.5) is 5.69 Å². The molecule has 2 N–H and O–H groups in total. The molecule has 0 saturated heterocycles. The van der Waals surface area contributed by atoms with Gasteiger partial charge < -0.3 is 10.2 Å². The van der Waals surface area contributed by atoms with Crippen LogP contribution in [0.25, 0.3) is 0 Å². The molecular formula is C19H22NO5S-. The molecule has 7 heteroatoms. The Labute approximate surface area is 153 Å². The van der Waals surface area contributed by atoms with Crippen molar-refractivity contribution in [3.63, 3.8) is 0 Å². The van der Waals surface area contributed by atoms with Crippen molar-refractivity contribution in [2.45, 2.75) is 44.9 Å². The Morgan fingerprint density at radius 1 is 1.12 bits per heavy atom. The maximum atomic E-state index is 12.9. The van der Waals surface area contributed by atoms with Crippen molar-refractivity contribution >= 4 is 21.7 Å². The fourth-order valence-corrected chi connectivity index (χ4v) is 3.91. The second-order valence-corrected chi connectivity index (χ2v) is 8.94. The van der Waals surface area contributed by atoms with E-state index < -0.39 is 27.3 Å². The van der Waals surface area contributed by atoms with Gasteiger partial charge in [0.25, 0.3) is 10.0 Å². The normalized spacial score (nSPS) is 12.0. The molecule has 26 heavy (non-hydrogen) atoms. The van der Waals surface area contributed by atoms with Gasteiger partial charge in [-0.1, -0.05) is 32.6 Å². The van der Waals surface area contributed by atoms with Gasteiger partial charge in [0.1, 0.15) is 0 Å². The lowest BCUT2D eigenvalue weighted by Gasteiger charge is -2.22. The summed E-state index contributed by atoms with van der Waals surface area (Å²) in [6, 6.07) is 6.92. The van der Waals surface area contributed by atoms with Crippen LogP contribution in [-0.2, 0) is 15.4 Å². The summed E-state index contributed by atoms with van der Waals surface area (Å²) >= 11 is 0. The molecule has 0 aromatic heterocycles. The lowest BCUT2D eigenvalue weighted by atomic mass is 9.85. The number of carbonyl (C=O) groups is 1. The monoisotopic (exact) mass is 376 g/mol. The lowest BCUT2D eigenvalue weighted by Crippen LogP contribution is -2.18. The molecule has 2 aromatic rings. The molecule has 0 fully saturated rings. The van der Waals surface area contributed by atoms with Crippen LogP contribution in [0.15, 0.2) is 35.2 Å². The highest BCUT2D eigenvalue weighted by Gasteiger charge is 2.23. The predicted molar refractivity (Wildman–Crippen MR) is 98.3 cm³/mol. The molecule has 0 saturated carbocycles. The number of nitrogens with one attached hydrogen (secondary N) is 1. The van der Waals surface area contributed by atoms with E-state index in [0.29, 0.717) is 5.56 Å².